The summed E-state index contributed by atoms with van der Waals surface area (Å²) in [6.07, 6.45) is -0.617. The molecule has 3 heteroatoms. The van der Waals surface area contributed by atoms with Crippen molar-refractivity contribution in [2.45, 2.75) is 17.9 Å². The zero-order valence-electron chi connectivity index (χ0n) is 3.36. The van der Waals surface area contributed by atoms with E-state index in [1.807, 2.05) is 0 Å². The summed E-state index contributed by atoms with van der Waals surface area (Å²) in [6.45, 7) is 1.53. The van der Waals surface area contributed by atoms with Crippen LogP contribution in [0.3, 0.4) is 0 Å². The third kappa shape index (κ3) is 2.76. The Labute approximate surface area is 46.9 Å². The lowest BCUT2D eigenvalue weighted by Gasteiger charge is -1.99. The molecule has 0 aliphatic heterocycles. The van der Waals surface area contributed by atoms with E-state index in [9.17, 15) is 0 Å². The van der Waals surface area contributed by atoms with Crippen molar-refractivity contribution in [2.24, 2.45) is 0 Å². The summed E-state index contributed by atoms with van der Waals surface area (Å²) < 4.78 is 0. The summed E-state index contributed by atoms with van der Waals surface area (Å²) in [6, 6.07) is 0. The van der Waals surface area contributed by atoms with Gasteiger partial charge in [-0.25, -0.2) is 0 Å². The van der Waals surface area contributed by atoms with Crippen LogP contribution in [-0.2, 0) is 0 Å². The number of aliphatic hydroxyl groups excluding tert-OH is 1. The fourth-order valence-electron chi connectivity index (χ4n) is 0. The van der Waals surface area contributed by atoms with Gasteiger partial charge in [0.15, 0.2) is 0 Å². The molecule has 0 rings (SSSR count). The Balaban J connectivity index is 2.99. The van der Waals surface area contributed by atoms with E-state index in [0.717, 1.165) is 0 Å². The highest BCUT2D eigenvalue weighted by molar-refractivity contribution is 6.44. The monoisotopic (exact) mass is 128 g/mol. The molecule has 0 bridgehead atoms. The number of hydrogen-bond donors (Lipinski definition) is 1. The molecule has 0 spiro atoms. The van der Waals surface area contributed by atoms with E-state index in [4.69, 9.17) is 28.3 Å². The van der Waals surface area contributed by atoms with E-state index < -0.39 is 10.9 Å². The van der Waals surface area contributed by atoms with Gasteiger partial charge in [-0.3, -0.25) is 0 Å². The van der Waals surface area contributed by atoms with Crippen LogP contribution in [0.4, 0.5) is 0 Å². The molecule has 6 heavy (non-hydrogen) atoms. The molecular formula is C3H6Cl2O. The second-order valence-corrected chi connectivity index (χ2v) is 2.24. The molecule has 0 aromatic rings. The number of halogens is 2. The summed E-state index contributed by atoms with van der Waals surface area (Å²) in [5.74, 6) is 0. The molecule has 0 unspecified atom stereocenters. The van der Waals surface area contributed by atoms with Crippen LogP contribution in [0, 0.1) is 0 Å². The molecule has 1 nitrogen and oxygen atoms in total. The minimum absolute atomic E-state index is 0.617. The van der Waals surface area contributed by atoms with Crippen LogP contribution in [0.2, 0.25) is 0 Å². The largest absolute Gasteiger partial charge is 0.391 e. The van der Waals surface area contributed by atoms with Crippen LogP contribution in [0.15, 0.2) is 0 Å². The van der Waals surface area contributed by atoms with Gasteiger partial charge in [0, 0.05) is 0 Å². The van der Waals surface area contributed by atoms with Crippen molar-refractivity contribution >= 4 is 23.2 Å². The van der Waals surface area contributed by atoms with E-state index >= 15 is 0 Å². The topological polar surface area (TPSA) is 20.2 Å². The van der Waals surface area contributed by atoms with Gasteiger partial charge in [0.1, 0.15) is 4.84 Å². The van der Waals surface area contributed by atoms with E-state index in [-0.39, 0.29) is 0 Å². The second kappa shape index (κ2) is 2.67. The van der Waals surface area contributed by atoms with Gasteiger partial charge in [-0.05, 0) is 6.92 Å². The fraction of sp³-hybridized carbons (Fsp3) is 1.00. The first-order valence-corrected chi connectivity index (χ1v) is 2.48. The minimum Gasteiger partial charge on any atom is -0.391 e. The van der Waals surface area contributed by atoms with Crippen LogP contribution in [0.5, 0.6) is 0 Å². The van der Waals surface area contributed by atoms with Gasteiger partial charge in [-0.1, -0.05) is 0 Å². The number of aliphatic hydroxyl groups is 1. The summed E-state index contributed by atoms with van der Waals surface area (Å²) in [7, 11) is 0. The van der Waals surface area contributed by atoms with Gasteiger partial charge in [0.25, 0.3) is 0 Å². The smallest absolute Gasteiger partial charge is 0.133 e. The highest BCUT2D eigenvalue weighted by Crippen LogP contribution is 2.05. The predicted octanol–water partition coefficient (Wildman–Crippen LogP) is 1.17. The molecule has 1 N–H and O–H groups in total. The first-order chi connectivity index (χ1) is 2.64. The number of hydrogen-bond acceptors (Lipinski definition) is 1. The van der Waals surface area contributed by atoms with Crippen molar-refractivity contribution in [3.8, 4) is 0 Å². The van der Waals surface area contributed by atoms with Crippen LogP contribution in [0.25, 0.3) is 0 Å². The first-order valence-electron chi connectivity index (χ1n) is 1.61. The number of rotatable bonds is 1. The highest BCUT2D eigenvalue weighted by atomic mass is 35.5. The third-order valence-corrected chi connectivity index (χ3v) is 1.09. The van der Waals surface area contributed by atoms with E-state index in [1.54, 1.807) is 0 Å². The van der Waals surface area contributed by atoms with Gasteiger partial charge in [0.05, 0.1) is 6.10 Å². The van der Waals surface area contributed by atoms with Gasteiger partial charge >= 0.3 is 0 Å². The molecule has 0 amide bonds. The molecule has 1 atom stereocenters. The maximum absolute atomic E-state index is 8.37. The Morgan fingerprint density at radius 2 is 1.67 bits per heavy atom. The normalized spacial score (nSPS) is 15.5. The van der Waals surface area contributed by atoms with Crippen molar-refractivity contribution in [3.05, 3.63) is 0 Å². The standard InChI is InChI=1S/C3H6Cl2O/c1-2(6)3(4)5/h2-3,6H,1H3/t2-/m1/s1. The Hall–Kier alpha value is 0.540. The average molecular weight is 129 g/mol. The van der Waals surface area contributed by atoms with Crippen molar-refractivity contribution in [3.63, 3.8) is 0 Å². The zero-order chi connectivity index (χ0) is 5.15. The lowest BCUT2D eigenvalue weighted by Crippen LogP contribution is -2.08. The van der Waals surface area contributed by atoms with Crippen LogP contribution in [0.1, 0.15) is 6.92 Å². The molecule has 0 aliphatic rings. The van der Waals surface area contributed by atoms with Gasteiger partial charge in [0.2, 0.25) is 0 Å². The zero-order valence-corrected chi connectivity index (χ0v) is 4.87. The lowest BCUT2D eigenvalue weighted by molar-refractivity contribution is 0.209. The third-order valence-electron chi connectivity index (χ3n) is 0.365. The molecule has 0 aromatic carbocycles. The molecule has 0 aliphatic carbocycles. The first kappa shape index (κ1) is 6.54. The van der Waals surface area contributed by atoms with Crippen molar-refractivity contribution in [2.75, 3.05) is 0 Å². The maximum Gasteiger partial charge on any atom is 0.133 e. The molecule has 0 fully saturated rings. The summed E-state index contributed by atoms with van der Waals surface area (Å²) in [5.41, 5.74) is 0. The SMILES string of the molecule is C[C@@H](O)C(Cl)Cl. The van der Waals surface area contributed by atoms with E-state index in [1.165, 1.54) is 6.92 Å². The van der Waals surface area contributed by atoms with E-state index in [2.05, 4.69) is 0 Å². The molecular weight excluding hydrogens is 123 g/mol. The van der Waals surface area contributed by atoms with Gasteiger partial charge in [-0.2, -0.15) is 0 Å². The van der Waals surface area contributed by atoms with E-state index in [0.29, 0.717) is 0 Å². The highest BCUT2D eigenvalue weighted by Gasteiger charge is 2.03. The van der Waals surface area contributed by atoms with Crippen molar-refractivity contribution in [1.29, 1.82) is 0 Å². The van der Waals surface area contributed by atoms with Crippen LogP contribution < -0.4 is 0 Å². The Kier molecular flexibility index (Phi) is 2.91. The van der Waals surface area contributed by atoms with Gasteiger partial charge < -0.3 is 5.11 Å². The molecule has 0 heterocycles. The average Bonchev–Trinajstić information content (AvgIpc) is 1.36. The molecule has 0 saturated heterocycles. The Bertz CT molecular complexity index is 29.8. The summed E-state index contributed by atoms with van der Waals surface area (Å²) >= 11 is 10.3. The van der Waals surface area contributed by atoms with Crippen LogP contribution >= 0.6 is 23.2 Å². The second-order valence-electron chi connectivity index (χ2n) is 1.08. The summed E-state index contributed by atoms with van der Waals surface area (Å²) in [4.78, 5) is -0.648. The predicted molar refractivity (Wildman–Crippen MR) is 27.2 cm³/mol. The summed E-state index contributed by atoms with van der Waals surface area (Å²) in [5, 5.41) is 8.37. The van der Waals surface area contributed by atoms with Crippen molar-refractivity contribution < 1.29 is 5.11 Å². The van der Waals surface area contributed by atoms with Crippen molar-refractivity contribution in [1.82, 2.24) is 0 Å². The number of alkyl halides is 2. The van der Waals surface area contributed by atoms with Crippen LogP contribution in [-0.4, -0.2) is 16.0 Å². The molecule has 0 aromatic heterocycles. The Morgan fingerprint density at radius 1 is 1.50 bits per heavy atom. The Morgan fingerprint density at radius 3 is 1.67 bits per heavy atom. The van der Waals surface area contributed by atoms with Gasteiger partial charge in [-0.15, -0.1) is 23.2 Å². The minimum atomic E-state index is -0.648. The molecule has 0 saturated carbocycles. The fourth-order valence-corrected chi connectivity index (χ4v) is 0. The lowest BCUT2D eigenvalue weighted by atomic mass is 10.5. The quantitative estimate of drug-likeness (QED) is 0.527. The maximum atomic E-state index is 8.37. The molecule has 0 radical (unpaired) electrons. The molecule has 38 valence electrons.